The third-order valence-corrected chi connectivity index (χ3v) is 3.39. The molecule has 5 heteroatoms. The minimum atomic E-state index is 0.566. The number of fused-ring (bicyclic) bond motifs is 1. The van der Waals surface area contributed by atoms with Crippen LogP contribution in [0.4, 0.5) is 11.5 Å². The van der Waals surface area contributed by atoms with Gasteiger partial charge in [0, 0.05) is 17.3 Å². The van der Waals surface area contributed by atoms with Gasteiger partial charge in [0.05, 0.1) is 27.9 Å². The number of hydrogen-bond acceptors (Lipinski definition) is 4. The van der Waals surface area contributed by atoms with Crippen LogP contribution in [0.3, 0.4) is 0 Å². The maximum absolute atomic E-state index is 9.03. The number of pyridine rings is 2. The van der Waals surface area contributed by atoms with Crippen molar-refractivity contribution in [3.05, 3.63) is 58.9 Å². The number of aromatic nitrogens is 2. The second kappa shape index (κ2) is 5.39. The minimum Gasteiger partial charge on any atom is -0.338 e. The molecule has 1 N–H and O–H groups in total. The van der Waals surface area contributed by atoms with Crippen molar-refractivity contribution in [1.82, 2.24) is 9.97 Å². The van der Waals surface area contributed by atoms with Crippen LogP contribution in [0.15, 0.2) is 42.6 Å². The van der Waals surface area contributed by atoms with E-state index in [1.165, 1.54) is 0 Å². The number of halogens is 1. The molecular weight excluding hydrogens is 284 g/mol. The first-order chi connectivity index (χ1) is 10.2. The Labute approximate surface area is 127 Å². The van der Waals surface area contributed by atoms with Gasteiger partial charge in [-0.15, -0.1) is 0 Å². The molecule has 0 bridgehead atoms. The fraction of sp³-hybridized carbons (Fsp3) is 0.0625. The number of hydrogen-bond donors (Lipinski definition) is 1. The summed E-state index contributed by atoms with van der Waals surface area (Å²) in [6.45, 7) is 1.85. The zero-order valence-corrected chi connectivity index (χ0v) is 12.0. The number of aryl methyl sites for hydroxylation is 1. The number of anilines is 2. The van der Waals surface area contributed by atoms with Crippen LogP contribution in [0.5, 0.6) is 0 Å². The van der Waals surface area contributed by atoms with Gasteiger partial charge in [-0.25, -0.2) is 4.98 Å². The van der Waals surface area contributed by atoms with Crippen molar-refractivity contribution in [2.75, 3.05) is 5.32 Å². The van der Waals surface area contributed by atoms with Crippen LogP contribution < -0.4 is 5.32 Å². The Bertz CT molecular complexity index is 868. The second-order valence-corrected chi connectivity index (χ2v) is 5.02. The van der Waals surface area contributed by atoms with E-state index in [2.05, 4.69) is 21.4 Å². The monoisotopic (exact) mass is 294 g/mol. The van der Waals surface area contributed by atoms with E-state index in [1.807, 2.05) is 31.2 Å². The zero-order valence-electron chi connectivity index (χ0n) is 11.3. The van der Waals surface area contributed by atoms with Crippen molar-refractivity contribution in [3.63, 3.8) is 0 Å². The molecule has 21 heavy (non-hydrogen) atoms. The Morgan fingerprint density at radius 1 is 1.24 bits per heavy atom. The predicted octanol–water partition coefficient (Wildman–Crippen LogP) is 4.21. The number of rotatable bonds is 2. The number of nitriles is 1. The number of benzene rings is 1. The lowest BCUT2D eigenvalue weighted by molar-refractivity contribution is 1.19. The first kappa shape index (κ1) is 13.3. The molecule has 2 heterocycles. The van der Waals surface area contributed by atoms with Gasteiger partial charge in [-0.1, -0.05) is 11.6 Å². The van der Waals surface area contributed by atoms with Crippen LogP contribution in [0.25, 0.3) is 10.9 Å². The molecule has 1 aromatic carbocycles. The summed E-state index contributed by atoms with van der Waals surface area (Å²) in [5.41, 5.74) is 2.92. The normalized spacial score (nSPS) is 10.3. The molecule has 102 valence electrons. The molecule has 0 aliphatic carbocycles. The maximum atomic E-state index is 9.03. The molecule has 0 spiro atoms. The van der Waals surface area contributed by atoms with Crippen molar-refractivity contribution >= 4 is 34.0 Å². The summed E-state index contributed by atoms with van der Waals surface area (Å²) in [4.78, 5) is 8.75. The molecule has 0 saturated heterocycles. The molecule has 0 saturated carbocycles. The quantitative estimate of drug-likeness (QED) is 0.769. The Morgan fingerprint density at radius 2 is 2.10 bits per heavy atom. The summed E-state index contributed by atoms with van der Waals surface area (Å²) >= 11 is 6.18. The first-order valence-corrected chi connectivity index (χ1v) is 6.74. The van der Waals surface area contributed by atoms with Gasteiger partial charge in [0.1, 0.15) is 5.82 Å². The van der Waals surface area contributed by atoms with Crippen molar-refractivity contribution in [2.45, 2.75) is 6.92 Å². The van der Waals surface area contributed by atoms with Crippen LogP contribution in [-0.4, -0.2) is 9.97 Å². The Morgan fingerprint density at radius 3 is 2.90 bits per heavy atom. The van der Waals surface area contributed by atoms with Crippen LogP contribution in [0, 0.1) is 18.3 Å². The van der Waals surface area contributed by atoms with Gasteiger partial charge >= 0.3 is 0 Å². The average molecular weight is 295 g/mol. The van der Waals surface area contributed by atoms with Gasteiger partial charge in [-0.2, -0.15) is 5.26 Å². The number of nitrogens with one attached hydrogen (secondary N) is 1. The largest absolute Gasteiger partial charge is 0.338 e. The molecule has 3 rings (SSSR count). The minimum absolute atomic E-state index is 0.566. The molecule has 0 atom stereocenters. The van der Waals surface area contributed by atoms with Gasteiger partial charge < -0.3 is 5.32 Å². The summed E-state index contributed by atoms with van der Waals surface area (Å²) in [6, 6.07) is 13.0. The summed E-state index contributed by atoms with van der Waals surface area (Å²) in [5, 5.41) is 13.8. The van der Waals surface area contributed by atoms with Crippen molar-refractivity contribution in [2.24, 2.45) is 0 Å². The lowest BCUT2D eigenvalue weighted by Crippen LogP contribution is -1.97. The standard InChI is InChI=1S/C16H11ClN4/c1-10-7-11(9-18)8-15(20-10)21-14-5-4-13(17)12-3-2-6-19-16(12)14/h2-8H,1H3,(H,20,21). The number of nitrogens with zero attached hydrogens (tertiary/aromatic N) is 3. The Kier molecular flexibility index (Phi) is 3.43. The smallest absolute Gasteiger partial charge is 0.131 e. The maximum Gasteiger partial charge on any atom is 0.131 e. The van der Waals surface area contributed by atoms with E-state index in [0.29, 0.717) is 16.4 Å². The third kappa shape index (κ3) is 2.64. The Hall–Kier alpha value is -2.64. The highest BCUT2D eigenvalue weighted by molar-refractivity contribution is 6.35. The lowest BCUT2D eigenvalue weighted by Gasteiger charge is -2.10. The van der Waals surface area contributed by atoms with Gasteiger partial charge in [0.25, 0.3) is 0 Å². The second-order valence-electron chi connectivity index (χ2n) is 4.61. The van der Waals surface area contributed by atoms with Crippen LogP contribution in [0.2, 0.25) is 5.02 Å². The molecule has 0 aliphatic rings. The molecule has 0 amide bonds. The molecule has 0 radical (unpaired) electrons. The summed E-state index contributed by atoms with van der Waals surface area (Å²) in [7, 11) is 0. The van der Waals surface area contributed by atoms with Gasteiger partial charge in [-0.05, 0) is 43.3 Å². The third-order valence-electron chi connectivity index (χ3n) is 3.06. The highest BCUT2D eigenvalue weighted by atomic mass is 35.5. The molecule has 0 unspecified atom stereocenters. The highest BCUT2D eigenvalue weighted by Gasteiger charge is 2.07. The fourth-order valence-electron chi connectivity index (χ4n) is 2.17. The summed E-state index contributed by atoms with van der Waals surface area (Å²) in [5.74, 6) is 0.612. The average Bonchev–Trinajstić information content (AvgIpc) is 2.50. The van der Waals surface area contributed by atoms with Gasteiger partial charge in [-0.3, -0.25) is 4.98 Å². The zero-order chi connectivity index (χ0) is 14.8. The predicted molar refractivity (Wildman–Crippen MR) is 83.7 cm³/mol. The van der Waals surface area contributed by atoms with E-state index in [0.717, 1.165) is 22.3 Å². The summed E-state index contributed by atoms with van der Waals surface area (Å²) in [6.07, 6.45) is 1.72. The van der Waals surface area contributed by atoms with Gasteiger partial charge in [0.2, 0.25) is 0 Å². The van der Waals surface area contributed by atoms with Crippen molar-refractivity contribution in [3.8, 4) is 6.07 Å². The van der Waals surface area contributed by atoms with E-state index >= 15 is 0 Å². The van der Waals surface area contributed by atoms with E-state index in [-0.39, 0.29) is 0 Å². The SMILES string of the molecule is Cc1cc(C#N)cc(Nc2ccc(Cl)c3cccnc23)n1. The topological polar surface area (TPSA) is 61.6 Å². The van der Waals surface area contributed by atoms with Crippen LogP contribution in [-0.2, 0) is 0 Å². The van der Waals surface area contributed by atoms with E-state index in [1.54, 1.807) is 18.3 Å². The summed E-state index contributed by atoms with van der Waals surface area (Å²) < 4.78 is 0. The van der Waals surface area contributed by atoms with Gasteiger partial charge in [0.15, 0.2) is 0 Å². The van der Waals surface area contributed by atoms with E-state index in [4.69, 9.17) is 16.9 Å². The van der Waals surface area contributed by atoms with Crippen molar-refractivity contribution in [1.29, 1.82) is 5.26 Å². The van der Waals surface area contributed by atoms with E-state index < -0.39 is 0 Å². The molecule has 0 fully saturated rings. The fourth-order valence-corrected chi connectivity index (χ4v) is 2.39. The van der Waals surface area contributed by atoms with Crippen LogP contribution >= 0.6 is 11.6 Å². The molecule has 4 nitrogen and oxygen atoms in total. The highest BCUT2D eigenvalue weighted by Crippen LogP contribution is 2.29. The molecule has 2 aromatic heterocycles. The first-order valence-electron chi connectivity index (χ1n) is 6.36. The molecule has 3 aromatic rings. The van der Waals surface area contributed by atoms with Crippen molar-refractivity contribution < 1.29 is 0 Å². The lowest BCUT2D eigenvalue weighted by atomic mass is 10.2. The van der Waals surface area contributed by atoms with E-state index in [9.17, 15) is 0 Å². The van der Waals surface area contributed by atoms with Crippen LogP contribution in [0.1, 0.15) is 11.3 Å². The molecular formula is C16H11ClN4. The molecule has 0 aliphatic heterocycles. The Balaban J connectivity index is 2.09.